The van der Waals surface area contributed by atoms with E-state index < -0.39 is 5.97 Å². The Morgan fingerprint density at radius 3 is 2.83 bits per heavy atom. The van der Waals surface area contributed by atoms with Gasteiger partial charge in [0.05, 0.1) is 23.9 Å². The number of methoxy groups -OCH3 is 1. The number of ether oxygens (including phenoxy) is 2. The van der Waals surface area contributed by atoms with Crippen LogP contribution in [0.2, 0.25) is 0 Å². The Hall–Kier alpha value is -2.12. The molecule has 2 rings (SSSR count). The van der Waals surface area contributed by atoms with Crippen molar-refractivity contribution in [3.8, 4) is 11.5 Å². The molecule has 1 aromatic carbocycles. The molecular weight excluding hydrogens is 394 g/mol. The second-order valence-electron chi connectivity index (χ2n) is 4.58. The van der Waals surface area contributed by atoms with Crippen molar-refractivity contribution >= 4 is 51.5 Å². The molecular formula is C17H16BrNO4S. The Labute approximate surface area is 152 Å². The smallest absolute Gasteiger partial charge is 0.328 e. The molecule has 0 saturated heterocycles. The van der Waals surface area contributed by atoms with Crippen molar-refractivity contribution in [1.29, 1.82) is 0 Å². The maximum absolute atomic E-state index is 10.5. The number of benzene rings is 1. The third kappa shape index (κ3) is 4.94. The first-order valence-corrected chi connectivity index (χ1v) is 8.75. The summed E-state index contributed by atoms with van der Waals surface area (Å²) in [6, 6.07) is 3.81. The molecule has 0 atom stereocenters. The molecule has 2 aromatic rings. The predicted octanol–water partition coefficient (Wildman–Crippen LogP) is 4.58. The molecule has 1 heterocycles. The van der Waals surface area contributed by atoms with E-state index in [1.165, 1.54) is 17.4 Å². The molecule has 0 spiro atoms. The van der Waals surface area contributed by atoms with E-state index >= 15 is 0 Å². The van der Waals surface area contributed by atoms with Crippen LogP contribution in [0.3, 0.4) is 0 Å². The summed E-state index contributed by atoms with van der Waals surface area (Å²) >= 11 is 4.92. The van der Waals surface area contributed by atoms with Crippen LogP contribution < -0.4 is 9.47 Å². The fourth-order valence-electron chi connectivity index (χ4n) is 1.90. The lowest BCUT2D eigenvalue weighted by Crippen LogP contribution is -1.96. The van der Waals surface area contributed by atoms with E-state index in [1.54, 1.807) is 12.5 Å². The summed E-state index contributed by atoms with van der Waals surface area (Å²) in [6.07, 6.45) is 6.31. The summed E-state index contributed by atoms with van der Waals surface area (Å²) in [5, 5.41) is 11.2. The molecule has 24 heavy (non-hydrogen) atoms. The summed E-state index contributed by atoms with van der Waals surface area (Å²) in [4.78, 5) is 14.8. The van der Waals surface area contributed by atoms with E-state index in [0.717, 1.165) is 21.1 Å². The number of halogens is 1. The third-order valence-electron chi connectivity index (χ3n) is 2.90. The number of aliphatic carboxylic acids is 1. The minimum atomic E-state index is -0.994. The molecule has 126 valence electrons. The van der Waals surface area contributed by atoms with Gasteiger partial charge in [-0.05, 0) is 52.7 Å². The summed E-state index contributed by atoms with van der Waals surface area (Å²) in [5.74, 6) is 0.328. The molecule has 0 bridgehead atoms. The molecule has 0 amide bonds. The second-order valence-corrected chi connectivity index (χ2v) is 6.33. The highest BCUT2D eigenvalue weighted by Crippen LogP contribution is 2.37. The lowest BCUT2D eigenvalue weighted by atomic mass is 10.2. The Kier molecular flexibility index (Phi) is 6.57. The van der Waals surface area contributed by atoms with Crippen LogP contribution in [0.1, 0.15) is 23.2 Å². The first-order valence-electron chi connectivity index (χ1n) is 7.08. The van der Waals surface area contributed by atoms with E-state index in [1.807, 2.05) is 31.2 Å². The van der Waals surface area contributed by atoms with Gasteiger partial charge in [-0.1, -0.05) is 6.08 Å². The van der Waals surface area contributed by atoms with E-state index in [2.05, 4.69) is 20.9 Å². The van der Waals surface area contributed by atoms with Gasteiger partial charge < -0.3 is 14.6 Å². The van der Waals surface area contributed by atoms with Crippen LogP contribution >= 0.6 is 27.3 Å². The van der Waals surface area contributed by atoms with Crippen LogP contribution in [0.15, 0.2) is 28.1 Å². The zero-order valence-corrected chi connectivity index (χ0v) is 15.6. The summed E-state index contributed by atoms with van der Waals surface area (Å²) in [6.45, 7) is 2.47. The predicted molar refractivity (Wildman–Crippen MR) is 99.6 cm³/mol. The Balaban J connectivity index is 2.20. The maximum atomic E-state index is 10.5. The molecule has 7 heteroatoms. The van der Waals surface area contributed by atoms with Gasteiger partial charge >= 0.3 is 5.97 Å². The topological polar surface area (TPSA) is 68.7 Å². The van der Waals surface area contributed by atoms with E-state index in [0.29, 0.717) is 23.8 Å². The normalized spacial score (nSPS) is 11.3. The van der Waals surface area contributed by atoms with Crippen LogP contribution in [0.5, 0.6) is 11.5 Å². The summed E-state index contributed by atoms with van der Waals surface area (Å²) in [7, 11) is 1.60. The van der Waals surface area contributed by atoms with Gasteiger partial charge in [-0.3, -0.25) is 0 Å². The third-order valence-corrected chi connectivity index (χ3v) is 4.31. The van der Waals surface area contributed by atoms with Gasteiger partial charge in [0.25, 0.3) is 0 Å². The Morgan fingerprint density at radius 2 is 2.17 bits per heavy atom. The standard InChI is InChI=1S/C17H16BrNO4S/c1-3-23-17-13(18)8-11(9-14(17)22-2)4-6-15-19-12(10-24-15)5-7-16(20)21/h4-10H,3H2,1-2H3,(H,20,21)/b6-4+,7-5+. The first-order chi connectivity index (χ1) is 11.5. The molecule has 0 fully saturated rings. The number of thiazole rings is 1. The number of rotatable bonds is 7. The fourth-order valence-corrected chi connectivity index (χ4v) is 3.15. The van der Waals surface area contributed by atoms with Crippen LogP contribution in [-0.4, -0.2) is 29.8 Å². The van der Waals surface area contributed by atoms with Gasteiger partial charge in [0.2, 0.25) is 0 Å². The zero-order chi connectivity index (χ0) is 17.5. The average molecular weight is 410 g/mol. The Bertz CT molecular complexity index is 783. The van der Waals surface area contributed by atoms with Crippen LogP contribution in [0.4, 0.5) is 0 Å². The number of aromatic nitrogens is 1. The maximum Gasteiger partial charge on any atom is 0.328 e. The number of carbonyl (C=O) groups is 1. The van der Waals surface area contributed by atoms with Gasteiger partial charge in [0.1, 0.15) is 5.01 Å². The van der Waals surface area contributed by atoms with Crippen molar-refractivity contribution in [1.82, 2.24) is 4.98 Å². The minimum Gasteiger partial charge on any atom is -0.493 e. The highest BCUT2D eigenvalue weighted by atomic mass is 79.9. The molecule has 5 nitrogen and oxygen atoms in total. The Morgan fingerprint density at radius 1 is 1.38 bits per heavy atom. The van der Waals surface area contributed by atoms with E-state index in [-0.39, 0.29) is 0 Å². The lowest BCUT2D eigenvalue weighted by molar-refractivity contribution is -0.131. The second kappa shape index (κ2) is 8.65. The van der Waals surface area contributed by atoms with E-state index in [4.69, 9.17) is 14.6 Å². The molecule has 0 unspecified atom stereocenters. The van der Waals surface area contributed by atoms with Crippen molar-refractivity contribution in [3.05, 3.63) is 44.3 Å². The molecule has 0 aliphatic carbocycles. The van der Waals surface area contributed by atoms with Crippen molar-refractivity contribution in [2.45, 2.75) is 6.92 Å². The largest absolute Gasteiger partial charge is 0.493 e. The molecule has 1 N–H and O–H groups in total. The molecule has 0 radical (unpaired) electrons. The van der Waals surface area contributed by atoms with Crippen LogP contribution in [-0.2, 0) is 4.79 Å². The highest BCUT2D eigenvalue weighted by molar-refractivity contribution is 9.10. The van der Waals surface area contributed by atoms with Crippen LogP contribution in [0, 0.1) is 0 Å². The lowest BCUT2D eigenvalue weighted by Gasteiger charge is -2.12. The van der Waals surface area contributed by atoms with Gasteiger partial charge in [0, 0.05) is 11.5 Å². The van der Waals surface area contributed by atoms with Gasteiger partial charge in [-0.15, -0.1) is 11.3 Å². The first kappa shape index (κ1) is 18.2. The van der Waals surface area contributed by atoms with Gasteiger partial charge in [-0.25, -0.2) is 9.78 Å². The average Bonchev–Trinajstić information content (AvgIpc) is 3.01. The van der Waals surface area contributed by atoms with Crippen molar-refractivity contribution in [2.24, 2.45) is 0 Å². The molecule has 0 saturated carbocycles. The summed E-state index contributed by atoms with van der Waals surface area (Å²) < 4.78 is 11.7. The van der Waals surface area contributed by atoms with Crippen LogP contribution in [0.25, 0.3) is 18.2 Å². The fraction of sp³-hybridized carbons (Fsp3) is 0.176. The minimum absolute atomic E-state index is 0.551. The van der Waals surface area contributed by atoms with Crippen molar-refractivity contribution in [3.63, 3.8) is 0 Å². The molecule has 1 aromatic heterocycles. The van der Waals surface area contributed by atoms with Gasteiger partial charge in [0.15, 0.2) is 11.5 Å². The van der Waals surface area contributed by atoms with Crippen molar-refractivity contribution in [2.75, 3.05) is 13.7 Å². The number of carboxylic acid groups (broad SMARTS) is 1. The SMILES string of the molecule is CCOc1c(Br)cc(/C=C/c2nc(/C=C/C(=O)O)cs2)cc1OC. The molecule has 0 aliphatic rings. The summed E-state index contributed by atoms with van der Waals surface area (Å²) in [5.41, 5.74) is 1.55. The zero-order valence-electron chi connectivity index (χ0n) is 13.2. The number of hydrogen-bond acceptors (Lipinski definition) is 5. The quantitative estimate of drug-likeness (QED) is 0.677. The number of carboxylic acids is 1. The number of hydrogen-bond donors (Lipinski definition) is 1. The van der Waals surface area contributed by atoms with E-state index in [9.17, 15) is 4.79 Å². The van der Waals surface area contributed by atoms with Crippen molar-refractivity contribution < 1.29 is 19.4 Å². The van der Waals surface area contributed by atoms with Gasteiger partial charge in [-0.2, -0.15) is 0 Å². The molecule has 0 aliphatic heterocycles. The monoisotopic (exact) mass is 409 g/mol. The highest BCUT2D eigenvalue weighted by Gasteiger charge is 2.10. The number of nitrogens with zero attached hydrogens (tertiary/aromatic N) is 1.